The van der Waals surface area contributed by atoms with E-state index in [4.69, 9.17) is 10.00 Å². The summed E-state index contributed by atoms with van der Waals surface area (Å²) in [7, 11) is 0. The second-order valence-electron chi connectivity index (χ2n) is 4.79. The molecule has 0 aliphatic carbocycles. The molecule has 3 nitrogen and oxygen atoms in total. The summed E-state index contributed by atoms with van der Waals surface area (Å²) >= 11 is 0. The number of halogens is 1. The highest BCUT2D eigenvalue weighted by Crippen LogP contribution is 2.21. The second kappa shape index (κ2) is 5.63. The van der Waals surface area contributed by atoms with Crippen LogP contribution in [0.2, 0.25) is 0 Å². The van der Waals surface area contributed by atoms with Crippen LogP contribution in [0.4, 0.5) is 4.39 Å². The maximum absolute atomic E-state index is 13.5. The predicted octanol–water partition coefficient (Wildman–Crippen LogP) is 3.35. The SMILES string of the molecule is CC(=O)c1ccc(OCCC(C)(C)C#N)cc1F. The van der Waals surface area contributed by atoms with Crippen molar-refractivity contribution in [2.45, 2.75) is 27.2 Å². The molecule has 0 aliphatic rings. The van der Waals surface area contributed by atoms with Gasteiger partial charge in [0.05, 0.1) is 23.7 Å². The van der Waals surface area contributed by atoms with Crippen molar-refractivity contribution < 1.29 is 13.9 Å². The van der Waals surface area contributed by atoms with Gasteiger partial charge in [0, 0.05) is 6.07 Å². The zero-order valence-corrected chi connectivity index (χ0v) is 10.8. The van der Waals surface area contributed by atoms with Crippen LogP contribution >= 0.6 is 0 Å². The smallest absolute Gasteiger partial charge is 0.162 e. The van der Waals surface area contributed by atoms with Crippen LogP contribution in [-0.2, 0) is 0 Å². The lowest BCUT2D eigenvalue weighted by Gasteiger charge is -2.15. The maximum atomic E-state index is 13.5. The minimum absolute atomic E-state index is 0.0553. The molecule has 0 aromatic heterocycles. The Morgan fingerprint density at radius 1 is 1.50 bits per heavy atom. The molecule has 96 valence electrons. The highest BCUT2D eigenvalue weighted by atomic mass is 19.1. The van der Waals surface area contributed by atoms with Gasteiger partial charge in [-0.15, -0.1) is 0 Å². The number of hydrogen-bond acceptors (Lipinski definition) is 3. The Bertz CT molecular complexity index is 489. The van der Waals surface area contributed by atoms with Crippen LogP contribution in [0.1, 0.15) is 37.6 Å². The average Bonchev–Trinajstić information content (AvgIpc) is 2.28. The molecule has 0 fully saturated rings. The van der Waals surface area contributed by atoms with Crippen LogP contribution in [0.25, 0.3) is 0 Å². The monoisotopic (exact) mass is 249 g/mol. The minimum atomic E-state index is -0.584. The summed E-state index contributed by atoms with van der Waals surface area (Å²) in [6.45, 7) is 5.28. The molecule has 0 spiro atoms. The molecule has 0 bridgehead atoms. The van der Waals surface area contributed by atoms with Crippen LogP contribution in [0.15, 0.2) is 18.2 Å². The molecule has 0 atom stereocenters. The fraction of sp³-hybridized carbons (Fsp3) is 0.429. The van der Waals surface area contributed by atoms with Crippen LogP contribution in [0.3, 0.4) is 0 Å². The fourth-order valence-corrected chi connectivity index (χ4v) is 1.35. The third-order valence-corrected chi connectivity index (χ3v) is 2.62. The van der Waals surface area contributed by atoms with Gasteiger partial charge in [-0.2, -0.15) is 5.26 Å². The molecule has 0 radical (unpaired) electrons. The van der Waals surface area contributed by atoms with Crippen molar-refractivity contribution in [2.75, 3.05) is 6.61 Å². The van der Waals surface area contributed by atoms with E-state index in [9.17, 15) is 9.18 Å². The number of rotatable bonds is 5. The number of Topliss-reactive ketones (excluding diaryl/α,β-unsaturated/α-hetero) is 1. The zero-order valence-electron chi connectivity index (χ0n) is 10.8. The molecule has 0 saturated carbocycles. The topological polar surface area (TPSA) is 50.1 Å². The van der Waals surface area contributed by atoms with E-state index in [1.807, 2.05) is 13.8 Å². The number of ether oxygens (including phenoxy) is 1. The first-order valence-corrected chi connectivity index (χ1v) is 5.70. The quantitative estimate of drug-likeness (QED) is 0.752. The number of hydrogen-bond donors (Lipinski definition) is 0. The van der Waals surface area contributed by atoms with Crippen molar-refractivity contribution in [3.8, 4) is 11.8 Å². The molecule has 1 aromatic carbocycles. The van der Waals surface area contributed by atoms with Gasteiger partial charge in [0.2, 0.25) is 0 Å². The van der Waals surface area contributed by atoms with Gasteiger partial charge in [-0.25, -0.2) is 4.39 Å². The molecule has 0 saturated heterocycles. The molecule has 0 amide bonds. The third kappa shape index (κ3) is 3.85. The Hall–Kier alpha value is -1.89. The molecule has 1 aromatic rings. The summed E-state index contributed by atoms with van der Waals surface area (Å²) in [5.74, 6) is -0.532. The molecule has 1 rings (SSSR count). The molecular weight excluding hydrogens is 233 g/mol. The summed E-state index contributed by atoms with van der Waals surface area (Å²) in [6.07, 6.45) is 0.555. The third-order valence-electron chi connectivity index (χ3n) is 2.62. The van der Waals surface area contributed by atoms with Crippen molar-refractivity contribution in [2.24, 2.45) is 5.41 Å². The van der Waals surface area contributed by atoms with Crippen molar-refractivity contribution in [3.05, 3.63) is 29.6 Å². The Morgan fingerprint density at radius 2 is 2.17 bits per heavy atom. The highest BCUT2D eigenvalue weighted by Gasteiger charge is 2.16. The van der Waals surface area contributed by atoms with E-state index in [-0.39, 0.29) is 11.3 Å². The van der Waals surface area contributed by atoms with Crippen LogP contribution in [-0.4, -0.2) is 12.4 Å². The first-order chi connectivity index (χ1) is 8.35. The fourth-order valence-electron chi connectivity index (χ4n) is 1.35. The van der Waals surface area contributed by atoms with Gasteiger partial charge >= 0.3 is 0 Å². The zero-order chi connectivity index (χ0) is 13.8. The molecular formula is C14H16FNO2. The van der Waals surface area contributed by atoms with Gasteiger partial charge in [0.25, 0.3) is 0 Å². The highest BCUT2D eigenvalue weighted by molar-refractivity contribution is 5.94. The van der Waals surface area contributed by atoms with Crippen LogP contribution < -0.4 is 4.74 Å². The molecule has 0 aliphatic heterocycles. The number of benzene rings is 1. The van der Waals surface area contributed by atoms with Gasteiger partial charge in [0.15, 0.2) is 5.78 Å². The van der Waals surface area contributed by atoms with Gasteiger partial charge < -0.3 is 4.74 Å². The van der Waals surface area contributed by atoms with E-state index in [0.29, 0.717) is 18.8 Å². The number of nitrogens with zero attached hydrogens (tertiary/aromatic N) is 1. The number of carbonyl (C=O) groups excluding carboxylic acids is 1. The van der Waals surface area contributed by atoms with Crippen molar-refractivity contribution in [3.63, 3.8) is 0 Å². The Morgan fingerprint density at radius 3 is 2.67 bits per heavy atom. The summed E-state index contributed by atoms with van der Waals surface area (Å²) in [6, 6.07) is 6.31. The standard InChI is InChI=1S/C14H16FNO2/c1-10(17)12-5-4-11(8-13(12)15)18-7-6-14(2,3)9-16/h4-5,8H,6-7H2,1-3H3. The first-order valence-electron chi connectivity index (χ1n) is 5.70. The Balaban J connectivity index is 2.63. The van der Waals surface area contributed by atoms with E-state index in [2.05, 4.69) is 6.07 Å². The van der Waals surface area contributed by atoms with Crippen LogP contribution in [0, 0.1) is 22.6 Å². The largest absolute Gasteiger partial charge is 0.493 e. The lowest BCUT2D eigenvalue weighted by Crippen LogP contribution is -2.13. The van der Waals surface area contributed by atoms with Crippen molar-refractivity contribution in [1.29, 1.82) is 5.26 Å². The van der Waals surface area contributed by atoms with E-state index in [1.165, 1.54) is 19.1 Å². The Kier molecular flexibility index (Phi) is 4.43. The van der Waals surface area contributed by atoms with Gasteiger partial charge in [-0.3, -0.25) is 4.79 Å². The second-order valence-corrected chi connectivity index (χ2v) is 4.79. The van der Waals surface area contributed by atoms with E-state index in [1.54, 1.807) is 6.07 Å². The summed E-state index contributed by atoms with van der Waals surface area (Å²) in [5.41, 5.74) is -0.405. The van der Waals surface area contributed by atoms with Crippen molar-refractivity contribution >= 4 is 5.78 Å². The molecule has 0 N–H and O–H groups in total. The van der Waals surface area contributed by atoms with Crippen LogP contribution in [0.5, 0.6) is 5.75 Å². The van der Waals surface area contributed by atoms with E-state index in [0.717, 1.165) is 0 Å². The first kappa shape index (κ1) is 14.2. The molecule has 18 heavy (non-hydrogen) atoms. The maximum Gasteiger partial charge on any atom is 0.162 e. The predicted molar refractivity (Wildman–Crippen MR) is 65.9 cm³/mol. The minimum Gasteiger partial charge on any atom is -0.493 e. The lowest BCUT2D eigenvalue weighted by molar-refractivity contribution is 0.101. The van der Waals surface area contributed by atoms with E-state index >= 15 is 0 Å². The van der Waals surface area contributed by atoms with Crippen molar-refractivity contribution in [1.82, 2.24) is 0 Å². The summed E-state index contributed by atoms with van der Waals surface area (Å²) < 4.78 is 18.8. The number of ketones is 1. The van der Waals surface area contributed by atoms with E-state index < -0.39 is 11.2 Å². The number of carbonyl (C=O) groups is 1. The summed E-state index contributed by atoms with van der Waals surface area (Å²) in [4.78, 5) is 11.0. The Labute approximate surface area is 106 Å². The molecule has 0 heterocycles. The lowest BCUT2D eigenvalue weighted by atomic mass is 9.92. The summed E-state index contributed by atoms with van der Waals surface area (Å²) in [5, 5.41) is 8.83. The average molecular weight is 249 g/mol. The van der Waals surface area contributed by atoms with Gasteiger partial charge in [-0.05, 0) is 39.3 Å². The molecule has 4 heteroatoms. The normalized spacial score (nSPS) is 10.8. The number of nitriles is 1. The van der Waals surface area contributed by atoms with Gasteiger partial charge in [-0.1, -0.05) is 0 Å². The molecule has 0 unspecified atom stereocenters. The van der Waals surface area contributed by atoms with Gasteiger partial charge in [0.1, 0.15) is 11.6 Å².